The van der Waals surface area contributed by atoms with Crippen LogP contribution in [0.1, 0.15) is 23.2 Å². The molecule has 1 aliphatic rings. The van der Waals surface area contributed by atoms with Crippen molar-refractivity contribution in [1.82, 2.24) is 9.80 Å². The molecule has 0 aromatic carbocycles. The number of carbonyl (C=O) groups is 2. The van der Waals surface area contributed by atoms with Crippen LogP contribution in [0.4, 0.5) is 0 Å². The van der Waals surface area contributed by atoms with Crippen molar-refractivity contribution in [3.8, 4) is 0 Å². The maximum atomic E-state index is 12.3. The fourth-order valence-electron chi connectivity index (χ4n) is 2.44. The summed E-state index contributed by atoms with van der Waals surface area (Å²) >= 11 is 1.44. The number of thiophene rings is 1. The molecule has 19 heavy (non-hydrogen) atoms. The monoisotopic (exact) mass is 282 g/mol. The van der Waals surface area contributed by atoms with E-state index in [2.05, 4.69) is 0 Å². The van der Waals surface area contributed by atoms with Crippen LogP contribution in [0, 0.1) is 0 Å². The van der Waals surface area contributed by atoms with E-state index in [0.717, 1.165) is 6.42 Å². The van der Waals surface area contributed by atoms with Crippen LogP contribution in [-0.2, 0) is 4.79 Å². The molecule has 1 N–H and O–H groups in total. The van der Waals surface area contributed by atoms with Crippen LogP contribution in [0.2, 0.25) is 0 Å². The molecule has 1 fully saturated rings. The number of carboxylic acid groups (broad SMARTS) is 1. The minimum Gasteiger partial charge on any atom is -0.480 e. The third-order valence-electron chi connectivity index (χ3n) is 3.62. The molecule has 104 valence electrons. The number of nitrogens with zero attached hydrogens (tertiary/aromatic N) is 2. The minimum absolute atomic E-state index is 0.175. The maximum Gasteiger partial charge on any atom is 0.326 e. The number of amides is 1. The van der Waals surface area contributed by atoms with E-state index in [1.165, 1.54) is 16.2 Å². The maximum absolute atomic E-state index is 12.3. The number of rotatable bonds is 3. The lowest BCUT2D eigenvalue weighted by Crippen LogP contribution is -2.53. The molecule has 2 heterocycles. The number of likely N-dealkylation sites (tertiary alicyclic amines) is 1. The van der Waals surface area contributed by atoms with E-state index >= 15 is 0 Å². The van der Waals surface area contributed by atoms with Crippen molar-refractivity contribution in [2.75, 3.05) is 20.6 Å². The van der Waals surface area contributed by atoms with Gasteiger partial charge in [-0.15, -0.1) is 0 Å². The first-order valence-electron chi connectivity index (χ1n) is 6.23. The van der Waals surface area contributed by atoms with E-state index in [0.29, 0.717) is 18.5 Å². The van der Waals surface area contributed by atoms with Crippen LogP contribution < -0.4 is 0 Å². The largest absolute Gasteiger partial charge is 0.480 e. The van der Waals surface area contributed by atoms with Crippen LogP contribution in [0.5, 0.6) is 0 Å². The Labute approximate surface area is 116 Å². The van der Waals surface area contributed by atoms with Gasteiger partial charge in [0.05, 0.1) is 5.56 Å². The smallest absolute Gasteiger partial charge is 0.326 e. The fraction of sp³-hybridized carbons (Fsp3) is 0.538. The zero-order chi connectivity index (χ0) is 14.0. The second kappa shape index (κ2) is 5.71. The summed E-state index contributed by atoms with van der Waals surface area (Å²) in [6.45, 7) is 0.495. The molecule has 0 saturated carbocycles. The molecule has 0 spiro atoms. The van der Waals surface area contributed by atoms with Crippen molar-refractivity contribution in [2.45, 2.75) is 24.9 Å². The van der Waals surface area contributed by atoms with E-state index in [1.807, 2.05) is 24.4 Å². The lowest BCUT2D eigenvalue weighted by Gasteiger charge is -2.39. The topological polar surface area (TPSA) is 60.9 Å². The van der Waals surface area contributed by atoms with Gasteiger partial charge in [-0.1, -0.05) is 0 Å². The van der Waals surface area contributed by atoms with Crippen molar-refractivity contribution in [3.05, 3.63) is 22.4 Å². The predicted molar refractivity (Wildman–Crippen MR) is 73.5 cm³/mol. The standard InChI is InChI=1S/C13H18N2O3S/c1-14(2)10-3-5-15(11(7-10)13(17)18)12(16)9-4-6-19-8-9/h4,6,8,10-11H,3,5,7H2,1-2H3,(H,17,18)/t10-,11+/m0/s1. The summed E-state index contributed by atoms with van der Waals surface area (Å²) in [5, 5.41) is 12.9. The van der Waals surface area contributed by atoms with Gasteiger partial charge in [0.15, 0.2) is 0 Å². The Hall–Kier alpha value is -1.40. The van der Waals surface area contributed by atoms with Gasteiger partial charge in [-0.3, -0.25) is 4.79 Å². The molecule has 1 aromatic heterocycles. The average molecular weight is 282 g/mol. The van der Waals surface area contributed by atoms with Crippen LogP contribution in [-0.4, -0.2) is 59.5 Å². The molecule has 0 unspecified atom stereocenters. The minimum atomic E-state index is -0.921. The molecule has 0 radical (unpaired) electrons. The molecule has 1 amide bonds. The molecular formula is C13H18N2O3S. The first-order chi connectivity index (χ1) is 9.00. The normalized spacial score (nSPS) is 23.6. The summed E-state index contributed by atoms with van der Waals surface area (Å²) in [5.41, 5.74) is 0.583. The van der Waals surface area contributed by atoms with Gasteiger partial charge in [-0.25, -0.2) is 4.79 Å². The van der Waals surface area contributed by atoms with Gasteiger partial charge >= 0.3 is 5.97 Å². The number of hydrogen-bond acceptors (Lipinski definition) is 4. The van der Waals surface area contributed by atoms with Crippen molar-refractivity contribution < 1.29 is 14.7 Å². The molecule has 1 aromatic rings. The number of aliphatic carboxylic acids is 1. The Kier molecular flexibility index (Phi) is 4.21. The van der Waals surface area contributed by atoms with Crippen molar-refractivity contribution in [3.63, 3.8) is 0 Å². The molecule has 0 aliphatic carbocycles. The highest BCUT2D eigenvalue weighted by Gasteiger charge is 2.37. The second-order valence-corrected chi connectivity index (χ2v) is 5.79. The van der Waals surface area contributed by atoms with Crippen LogP contribution in [0.25, 0.3) is 0 Å². The Bertz CT molecular complexity index is 458. The molecule has 2 rings (SSSR count). The quantitative estimate of drug-likeness (QED) is 0.909. The zero-order valence-electron chi connectivity index (χ0n) is 11.1. The predicted octanol–water partition coefficient (Wildman–Crippen LogP) is 1.37. The fourth-order valence-corrected chi connectivity index (χ4v) is 3.07. The SMILES string of the molecule is CN(C)[C@H]1CCN(C(=O)c2ccsc2)[C@@H](C(=O)O)C1. The van der Waals surface area contributed by atoms with Crippen LogP contribution in [0.15, 0.2) is 16.8 Å². The summed E-state index contributed by atoms with van der Waals surface area (Å²) in [6, 6.07) is 1.23. The van der Waals surface area contributed by atoms with E-state index < -0.39 is 12.0 Å². The Balaban J connectivity index is 2.16. The molecule has 1 aliphatic heterocycles. The molecule has 1 saturated heterocycles. The summed E-state index contributed by atoms with van der Waals surface area (Å²) in [6.07, 6.45) is 1.30. The molecule has 6 heteroatoms. The lowest BCUT2D eigenvalue weighted by molar-refractivity contribution is -0.144. The Morgan fingerprint density at radius 2 is 2.21 bits per heavy atom. The number of carboxylic acids is 1. The third kappa shape index (κ3) is 2.96. The average Bonchev–Trinajstić information content (AvgIpc) is 2.90. The molecule has 2 atom stereocenters. The summed E-state index contributed by atoms with van der Waals surface area (Å²) < 4.78 is 0. The van der Waals surface area contributed by atoms with Gasteiger partial charge in [-0.05, 0) is 38.4 Å². The highest BCUT2D eigenvalue weighted by molar-refractivity contribution is 7.08. The summed E-state index contributed by atoms with van der Waals surface area (Å²) in [7, 11) is 3.89. The number of hydrogen-bond donors (Lipinski definition) is 1. The van der Waals surface area contributed by atoms with Crippen molar-refractivity contribution in [1.29, 1.82) is 0 Å². The molecule has 5 nitrogen and oxygen atoms in total. The Morgan fingerprint density at radius 1 is 1.47 bits per heavy atom. The lowest BCUT2D eigenvalue weighted by atomic mass is 9.95. The third-order valence-corrected chi connectivity index (χ3v) is 4.30. The zero-order valence-corrected chi connectivity index (χ0v) is 11.9. The molecule has 0 bridgehead atoms. The summed E-state index contributed by atoms with van der Waals surface area (Å²) in [4.78, 5) is 27.2. The Morgan fingerprint density at radius 3 is 2.74 bits per heavy atom. The highest BCUT2D eigenvalue weighted by Crippen LogP contribution is 2.23. The first kappa shape index (κ1) is 14.0. The second-order valence-electron chi connectivity index (χ2n) is 5.01. The molecular weight excluding hydrogens is 264 g/mol. The van der Waals surface area contributed by atoms with Gasteiger partial charge in [0.25, 0.3) is 5.91 Å². The first-order valence-corrected chi connectivity index (χ1v) is 7.17. The number of piperidine rings is 1. The summed E-state index contributed by atoms with van der Waals surface area (Å²) in [5.74, 6) is -1.10. The van der Waals surface area contributed by atoms with E-state index in [1.54, 1.807) is 11.4 Å². The van der Waals surface area contributed by atoms with Crippen LogP contribution >= 0.6 is 11.3 Å². The van der Waals surface area contributed by atoms with E-state index in [4.69, 9.17) is 0 Å². The van der Waals surface area contributed by atoms with Crippen molar-refractivity contribution in [2.24, 2.45) is 0 Å². The van der Waals surface area contributed by atoms with Gasteiger partial charge in [0.1, 0.15) is 6.04 Å². The van der Waals surface area contributed by atoms with E-state index in [-0.39, 0.29) is 11.9 Å². The van der Waals surface area contributed by atoms with Crippen LogP contribution in [0.3, 0.4) is 0 Å². The van der Waals surface area contributed by atoms with Gasteiger partial charge in [-0.2, -0.15) is 11.3 Å². The van der Waals surface area contributed by atoms with Gasteiger partial charge in [0.2, 0.25) is 0 Å². The highest BCUT2D eigenvalue weighted by atomic mass is 32.1. The van der Waals surface area contributed by atoms with Gasteiger partial charge < -0.3 is 14.9 Å². The number of carbonyl (C=O) groups excluding carboxylic acids is 1. The van der Waals surface area contributed by atoms with E-state index in [9.17, 15) is 14.7 Å². The van der Waals surface area contributed by atoms with Gasteiger partial charge in [0, 0.05) is 18.0 Å². The van der Waals surface area contributed by atoms with Crippen molar-refractivity contribution >= 4 is 23.2 Å².